The summed E-state index contributed by atoms with van der Waals surface area (Å²) in [5.41, 5.74) is 6.73. The van der Waals surface area contributed by atoms with Gasteiger partial charge in [0.2, 0.25) is 0 Å². The molecule has 2 rings (SSSR count). The SMILES string of the molecule is CC(N)C(=O)CC1CCOc2ccccc21. The first-order chi connectivity index (χ1) is 7.68. The topological polar surface area (TPSA) is 52.3 Å². The molecule has 0 bridgehead atoms. The smallest absolute Gasteiger partial charge is 0.149 e. The Kier molecular flexibility index (Phi) is 3.25. The van der Waals surface area contributed by atoms with Gasteiger partial charge >= 0.3 is 0 Å². The molecule has 0 fully saturated rings. The quantitative estimate of drug-likeness (QED) is 0.844. The van der Waals surface area contributed by atoms with E-state index < -0.39 is 0 Å². The van der Waals surface area contributed by atoms with E-state index in [1.807, 2.05) is 24.3 Å². The molecule has 0 radical (unpaired) electrons. The summed E-state index contributed by atoms with van der Waals surface area (Å²) in [4.78, 5) is 11.7. The van der Waals surface area contributed by atoms with Crippen molar-refractivity contribution < 1.29 is 9.53 Å². The van der Waals surface area contributed by atoms with E-state index in [1.165, 1.54) is 0 Å². The summed E-state index contributed by atoms with van der Waals surface area (Å²) in [5.74, 6) is 1.31. The van der Waals surface area contributed by atoms with Crippen LogP contribution in [0.2, 0.25) is 0 Å². The van der Waals surface area contributed by atoms with Crippen molar-refractivity contribution in [2.45, 2.75) is 31.7 Å². The van der Waals surface area contributed by atoms with Crippen LogP contribution in [0.1, 0.15) is 31.2 Å². The second-order valence-electron chi connectivity index (χ2n) is 4.33. The molecule has 0 aromatic heterocycles. The Morgan fingerprint density at radius 2 is 2.31 bits per heavy atom. The standard InChI is InChI=1S/C13H17NO2/c1-9(14)12(15)8-10-6-7-16-13-5-3-2-4-11(10)13/h2-5,9-10H,6-8,14H2,1H3. The van der Waals surface area contributed by atoms with E-state index in [4.69, 9.17) is 10.5 Å². The van der Waals surface area contributed by atoms with Gasteiger partial charge < -0.3 is 10.5 Å². The zero-order chi connectivity index (χ0) is 11.5. The Labute approximate surface area is 95.6 Å². The van der Waals surface area contributed by atoms with Crippen molar-refractivity contribution >= 4 is 5.78 Å². The number of ether oxygens (including phenoxy) is 1. The highest BCUT2D eigenvalue weighted by molar-refractivity contribution is 5.84. The number of benzene rings is 1. The molecule has 1 heterocycles. The normalized spacial score (nSPS) is 20.8. The van der Waals surface area contributed by atoms with E-state index in [1.54, 1.807) is 6.92 Å². The third-order valence-electron chi connectivity index (χ3n) is 3.04. The first-order valence-corrected chi connectivity index (χ1v) is 5.68. The van der Waals surface area contributed by atoms with Crippen LogP contribution in [0.25, 0.3) is 0 Å². The number of carbonyl (C=O) groups is 1. The summed E-state index contributed by atoms with van der Waals surface area (Å²) in [6.45, 7) is 2.43. The number of para-hydroxylation sites is 1. The molecule has 1 aromatic rings. The summed E-state index contributed by atoms with van der Waals surface area (Å²) < 4.78 is 5.55. The molecule has 2 unspecified atom stereocenters. The summed E-state index contributed by atoms with van der Waals surface area (Å²) in [6, 6.07) is 7.56. The van der Waals surface area contributed by atoms with E-state index in [0.29, 0.717) is 13.0 Å². The highest BCUT2D eigenvalue weighted by Crippen LogP contribution is 2.35. The van der Waals surface area contributed by atoms with Crippen LogP contribution in [-0.2, 0) is 4.79 Å². The van der Waals surface area contributed by atoms with Crippen LogP contribution in [0.4, 0.5) is 0 Å². The zero-order valence-electron chi connectivity index (χ0n) is 9.48. The van der Waals surface area contributed by atoms with E-state index in [-0.39, 0.29) is 17.7 Å². The monoisotopic (exact) mass is 219 g/mol. The van der Waals surface area contributed by atoms with Crippen LogP contribution in [0, 0.1) is 0 Å². The van der Waals surface area contributed by atoms with Gasteiger partial charge in [-0.15, -0.1) is 0 Å². The minimum Gasteiger partial charge on any atom is -0.493 e. The maximum absolute atomic E-state index is 11.7. The summed E-state index contributed by atoms with van der Waals surface area (Å²) in [6.07, 6.45) is 1.42. The molecular formula is C13H17NO2. The van der Waals surface area contributed by atoms with Crippen LogP contribution in [-0.4, -0.2) is 18.4 Å². The van der Waals surface area contributed by atoms with Crippen LogP contribution in [0.5, 0.6) is 5.75 Å². The fourth-order valence-corrected chi connectivity index (χ4v) is 2.06. The third-order valence-corrected chi connectivity index (χ3v) is 3.04. The van der Waals surface area contributed by atoms with Crippen LogP contribution in [0.3, 0.4) is 0 Å². The molecule has 1 aliphatic heterocycles. The highest BCUT2D eigenvalue weighted by Gasteiger charge is 2.24. The molecule has 0 aliphatic carbocycles. The van der Waals surface area contributed by atoms with Crippen molar-refractivity contribution in [1.82, 2.24) is 0 Å². The lowest BCUT2D eigenvalue weighted by molar-refractivity contribution is -0.120. The lowest BCUT2D eigenvalue weighted by atomic mass is 9.87. The molecule has 1 aromatic carbocycles. The predicted molar refractivity (Wildman–Crippen MR) is 62.6 cm³/mol. The van der Waals surface area contributed by atoms with Crippen LogP contribution >= 0.6 is 0 Å². The van der Waals surface area contributed by atoms with Gasteiger partial charge in [0.15, 0.2) is 0 Å². The maximum atomic E-state index is 11.7. The summed E-state index contributed by atoms with van der Waals surface area (Å²) >= 11 is 0. The van der Waals surface area contributed by atoms with Gasteiger partial charge in [0.1, 0.15) is 11.5 Å². The zero-order valence-corrected chi connectivity index (χ0v) is 9.48. The Morgan fingerprint density at radius 3 is 3.06 bits per heavy atom. The van der Waals surface area contributed by atoms with Gasteiger partial charge in [-0.05, 0) is 30.9 Å². The minimum absolute atomic E-state index is 0.127. The number of ketones is 1. The van der Waals surface area contributed by atoms with Crippen molar-refractivity contribution in [3.63, 3.8) is 0 Å². The van der Waals surface area contributed by atoms with Crippen LogP contribution in [0.15, 0.2) is 24.3 Å². The average Bonchev–Trinajstić information content (AvgIpc) is 2.29. The molecule has 86 valence electrons. The van der Waals surface area contributed by atoms with Crippen LogP contribution < -0.4 is 10.5 Å². The Balaban J connectivity index is 2.16. The molecule has 0 spiro atoms. The minimum atomic E-state index is -0.366. The Morgan fingerprint density at radius 1 is 1.56 bits per heavy atom. The lowest BCUT2D eigenvalue weighted by Gasteiger charge is -2.25. The lowest BCUT2D eigenvalue weighted by Crippen LogP contribution is -2.29. The molecule has 2 atom stereocenters. The van der Waals surface area contributed by atoms with Gasteiger partial charge in [-0.25, -0.2) is 0 Å². The summed E-state index contributed by atoms with van der Waals surface area (Å²) in [5, 5.41) is 0. The predicted octanol–water partition coefficient (Wildman–Crippen LogP) is 1.86. The number of fused-ring (bicyclic) bond motifs is 1. The number of Topliss-reactive ketones (excluding diaryl/α,β-unsaturated/α-hetero) is 1. The fourth-order valence-electron chi connectivity index (χ4n) is 2.06. The molecule has 3 heteroatoms. The van der Waals surface area contributed by atoms with Gasteiger partial charge in [-0.2, -0.15) is 0 Å². The molecule has 0 saturated carbocycles. The second-order valence-corrected chi connectivity index (χ2v) is 4.33. The van der Waals surface area contributed by atoms with E-state index in [9.17, 15) is 4.79 Å². The first kappa shape index (κ1) is 11.1. The second kappa shape index (κ2) is 4.66. The van der Waals surface area contributed by atoms with Crippen molar-refractivity contribution in [1.29, 1.82) is 0 Å². The van der Waals surface area contributed by atoms with Crippen molar-refractivity contribution in [2.24, 2.45) is 5.73 Å². The number of hydrogen-bond donors (Lipinski definition) is 1. The van der Waals surface area contributed by atoms with E-state index >= 15 is 0 Å². The van der Waals surface area contributed by atoms with Gasteiger partial charge in [-0.1, -0.05) is 18.2 Å². The molecular weight excluding hydrogens is 202 g/mol. The molecule has 16 heavy (non-hydrogen) atoms. The molecule has 1 aliphatic rings. The molecule has 2 N–H and O–H groups in total. The third kappa shape index (κ3) is 2.25. The van der Waals surface area contributed by atoms with E-state index in [0.717, 1.165) is 17.7 Å². The molecule has 0 amide bonds. The van der Waals surface area contributed by atoms with Crippen molar-refractivity contribution in [2.75, 3.05) is 6.61 Å². The Hall–Kier alpha value is -1.35. The maximum Gasteiger partial charge on any atom is 0.149 e. The molecule has 3 nitrogen and oxygen atoms in total. The van der Waals surface area contributed by atoms with Gasteiger partial charge in [0.25, 0.3) is 0 Å². The van der Waals surface area contributed by atoms with Crippen molar-refractivity contribution in [3.05, 3.63) is 29.8 Å². The van der Waals surface area contributed by atoms with Gasteiger partial charge in [0.05, 0.1) is 12.6 Å². The van der Waals surface area contributed by atoms with Gasteiger partial charge in [-0.3, -0.25) is 4.79 Å². The fraction of sp³-hybridized carbons (Fsp3) is 0.462. The van der Waals surface area contributed by atoms with Crippen molar-refractivity contribution in [3.8, 4) is 5.75 Å². The highest BCUT2D eigenvalue weighted by atomic mass is 16.5. The largest absolute Gasteiger partial charge is 0.493 e. The number of hydrogen-bond acceptors (Lipinski definition) is 3. The Bertz CT molecular complexity index is 387. The first-order valence-electron chi connectivity index (χ1n) is 5.68. The summed E-state index contributed by atoms with van der Waals surface area (Å²) in [7, 11) is 0. The average molecular weight is 219 g/mol. The van der Waals surface area contributed by atoms with Gasteiger partial charge in [0, 0.05) is 6.42 Å². The number of nitrogens with two attached hydrogens (primary N) is 1. The number of rotatable bonds is 3. The molecule has 0 saturated heterocycles. The number of carbonyl (C=O) groups excluding carboxylic acids is 1. The van der Waals surface area contributed by atoms with E-state index in [2.05, 4.69) is 0 Å².